The van der Waals surface area contributed by atoms with Gasteiger partial charge in [0.15, 0.2) is 0 Å². The molecule has 0 saturated heterocycles. The summed E-state index contributed by atoms with van der Waals surface area (Å²) in [5.41, 5.74) is 0. The van der Waals surface area contributed by atoms with Gasteiger partial charge in [-0.15, -0.1) is 0 Å². The molecule has 0 fully saturated rings. The molecule has 3 rings (SSSR count). The maximum Gasteiger partial charge on any atom is 0.297 e. The Labute approximate surface area is 160 Å². The van der Waals surface area contributed by atoms with Crippen LogP contribution in [0.1, 0.15) is 0 Å². The van der Waals surface area contributed by atoms with E-state index in [4.69, 9.17) is 9.11 Å². The number of fused-ring (bicyclic) bond motifs is 1. The second-order valence-corrected chi connectivity index (χ2v) is 9.31. The first-order chi connectivity index (χ1) is 12.8. The van der Waals surface area contributed by atoms with Gasteiger partial charge in [0, 0.05) is 17.8 Å². The molecule has 1 aromatic heterocycles. The Morgan fingerprint density at radius 2 is 1.18 bits per heavy atom. The zero-order valence-corrected chi connectivity index (χ0v) is 16.2. The van der Waals surface area contributed by atoms with E-state index in [1.807, 2.05) is 18.2 Å². The molecule has 0 spiro atoms. The van der Waals surface area contributed by atoms with Gasteiger partial charge < -0.3 is 0 Å². The fourth-order valence-corrected chi connectivity index (χ4v) is 5.68. The molecule has 2 aromatic carbocycles. The number of hydrogen-bond donors (Lipinski definition) is 3. The number of aromatic nitrogens is 1. The first-order valence-electron chi connectivity index (χ1n) is 7.16. The van der Waals surface area contributed by atoms with E-state index in [0.717, 1.165) is 6.07 Å². The Kier molecular flexibility index (Phi) is 6.18. The highest BCUT2D eigenvalue weighted by atomic mass is 32.2. The third-order valence-corrected chi connectivity index (χ3v) is 6.30. The van der Waals surface area contributed by atoms with Gasteiger partial charge in [-0.1, -0.05) is 30.3 Å². The van der Waals surface area contributed by atoms with E-state index in [9.17, 15) is 29.8 Å². The van der Waals surface area contributed by atoms with E-state index in [1.54, 1.807) is 12.4 Å². The molecule has 0 aliphatic rings. The minimum absolute atomic E-state index is 0.0878. The zero-order chi connectivity index (χ0) is 21.2. The summed E-state index contributed by atoms with van der Waals surface area (Å²) in [5, 5.41) is -0.430. The van der Waals surface area contributed by atoms with Crippen LogP contribution in [0.4, 0.5) is 0 Å². The van der Waals surface area contributed by atoms with Gasteiger partial charge in [0.25, 0.3) is 30.4 Å². The summed E-state index contributed by atoms with van der Waals surface area (Å²) in [6, 6.07) is 11.4. The fraction of sp³-hybridized carbons (Fsp3) is 0. The summed E-state index contributed by atoms with van der Waals surface area (Å²) in [6.07, 6.45) is 3.50. The number of pyridine rings is 1. The highest BCUT2D eigenvalue weighted by Crippen LogP contribution is 2.35. The molecule has 3 N–H and O–H groups in total. The van der Waals surface area contributed by atoms with Crippen molar-refractivity contribution in [1.29, 1.82) is 0 Å². The van der Waals surface area contributed by atoms with Crippen LogP contribution in [-0.4, -0.2) is 43.9 Å². The van der Waals surface area contributed by atoms with Gasteiger partial charge in [0.1, 0.15) is 14.7 Å². The Hall–Kier alpha value is -2.42. The predicted molar refractivity (Wildman–Crippen MR) is 97.6 cm³/mol. The maximum absolute atomic E-state index is 11.5. The summed E-state index contributed by atoms with van der Waals surface area (Å²) < 4.78 is 96.0. The molecule has 1 heterocycles. The molecule has 0 amide bonds. The highest BCUT2D eigenvalue weighted by molar-refractivity contribution is 7.90. The molecule has 0 radical (unpaired) electrons. The van der Waals surface area contributed by atoms with Crippen molar-refractivity contribution >= 4 is 41.1 Å². The molecule has 0 bridgehead atoms. The third-order valence-electron chi connectivity index (χ3n) is 3.28. The largest absolute Gasteiger partial charge is 0.297 e. The average Bonchev–Trinajstić information content (AvgIpc) is 2.59. The summed E-state index contributed by atoms with van der Waals surface area (Å²) in [4.78, 5) is -0.522. The lowest BCUT2D eigenvalue weighted by Crippen LogP contribution is -2.15. The molecule has 28 heavy (non-hydrogen) atoms. The van der Waals surface area contributed by atoms with Gasteiger partial charge in [-0.3, -0.25) is 18.6 Å². The summed E-state index contributed by atoms with van der Waals surface area (Å²) in [5.74, 6) is 0. The second-order valence-electron chi connectivity index (χ2n) is 5.20. The van der Waals surface area contributed by atoms with Crippen LogP contribution in [0.5, 0.6) is 0 Å². The molecule has 3 aromatic rings. The van der Waals surface area contributed by atoms with Crippen LogP contribution in [0.25, 0.3) is 10.8 Å². The molecular formula is C15H13NO9S3. The number of benzene rings is 2. The Morgan fingerprint density at radius 1 is 0.643 bits per heavy atom. The van der Waals surface area contributed by atoms with E-state index in [2.05, 4.69) is 4.98 Å². The van der Waals surface area contributed by atoms with Gasteiger partial charge in [0.05, 0.1) is 0 Å². The van der Waals surface area contributed by atoms with Crippen LogP contribution >= 0.6 is 0 Å². The van der Waals surface area contributed by atoms with E-state index in [0.29, 0.717) is 6.07 Å². The smallest absolute Gasteiger partial charge is 0.282 e. The monoisotopic (exact) mass is 447 g/mol. The third kappa shape index (κ3) is 5.09. The first-order valence-corrected chi connectivity index (χ1v) is 11.5. The van der Waals surface area contributed by atoms with Crippen molar-refractivity contribution < 1.29 is 38.9 Å². The van der Waals surface area contributed by atoms with Crippen LogP contribution in [0.3, 0.4) is 0 Å². The molecule has 0 unspecified atom stereocenters. The summed E-state index contributed by atoms with van der Waals surface area (Å²) in [6.45, 7) is 0. The lowest BCUT2D eigenvalue weighted by molar-refractivity contribution is 0.457. The van der Waals surface area contributed by atoms with Crippen LogP contribution in [-0.2, 0) is 30.4 Å². The zero-order valence-electron chi connectivity index (χ0n) is 13.7. The van der Waals surface area contributed by atoms with Crippen LogP contribution < -0.4 is 0 Å². The van der Waals surface area contributed by atoms with Crippen molar-refractivity contribution in [2.45, 2.75) is 14.7 Å². The lowest BCUT2D eigenvalue weighted by Gasteiger charge is -2.12. The van der Waals surface area contributed by atoms with Crippen molar-refractivity contribution in [3.63, 3.8) is 0 Å². The Morgan fingerprint density at radius 3 is 1.57 bits per heavy atom. The quantitative estimate of drug-likeness (QED) is 0.500. The van der Waals surface area contributed by atoms with Crippen LogP contribution in [0, 0.1) is 0 Å². The summed E-state index contributed by atoms with van der Waals surface area (Å²) in [7, 11) is -15.8. The molecule has 0 aliphatic carbocycles. The fourth-order valence-electron chi connectivity index (χ4n) is 2.28. The van der Waals surface area contributed by atoms with E-state index >= 15 is 0 Å². The second kappa shape index (κ2) is 7.90. The van der Waals surface area contributed by atoms with E-state index in [1.165, 1.54) is 18.2 Å². The minimum atomic E-state index is -5.40. The highest BCUT2D eigenvalue weighted by Gasteiger charge is 2.34. The average molecular weight is 447 g/mol. The van der Waals surface area contributed by atoms with Crippen molar-refractivity contribution in [2.24, 2.45) is 0 Å². The number of hydrogen-bond acceptors (Lipinski definition) is 7. The van der Waals surface area contributed by atoms with Gasteiger partial charge in [0.2, 0.25) is 0 Å². The van der Waals surface area contributed by atoms with E-state index in [-0.39, 0.29) is 10.8 Å². The van der Waals surface area contributed by atoms with Crippen LogP contribution in [0.2, 0.25) is 0 Å². The van der Waals surface area contributed by atoms with Crippen molar-refractivity contribution in [3.8, 4) is 0 Å². The Bertz CT molecular complexity index is 1290. The first kappa shape index (κ1) is 21.9. The number of nitrogens with zero attached hydrogens (tertiary/aromatic N) is 1. The van der Waals surface area contributed by atoms with Crippen LogP contribution in [0.15, 0.2) is 75.6 Å². The summed E-state index contributed by atoms with van der Waals surface area (Å²) >= 11 is 0. The normalized spacial score (nSPS) is 12.2. The van der Waals surface area contributed by atoms with Gasteiger partial charge in [-0.05, 0) is 23.6 Å². The molecule has 0 atom stereocenters. The van der Waals surface area contributed by atoms with Gasteiger partial charge in [-0.25, -0.2) is 0 Å². The molecule has 150 valence electrons. The molecule has 10 nitrogen and oxygen atoms in total. The van der Waals surface area contributed by atoms with Crippen molar-refractivity contribution in [1.82, 2.24) is 4.98 Å². The Balaban J connectivity index is 0.000000397. The number of rotatable bonds is 3. The maximum atomic E-state index is 11.5. The topological polar surface area (TPSA) is 176 Å². The van der Waals surface area contributed by atoms with Gasteiger partial charge >= 0.3 is 0 Å². The van der Waals surface area contributed by atoms with Gasteiger partial charge in [-0.2, -0.15) is 25.3 Å². The molecule has 13 heteroatoms. The minimum Gasteiger partial charge on any atom is -0.282 e. The van der Waals surface area contributed by atoms with Crippen molar-refractivity contribution in [2.75, 3.05) is 0 Å². The van der Waals surface area contributed by atoms with E-state index < -0.39 is 45.0 Å². The molecular weight excluding hydrogens is 434 g/mol. The van der Waals surface area contributed by atoms with Crippen molar-refractivity contribution in [3.05, 3.63) is 60.9 Å². The molecule has 0 saturated carbocycles. The molecule has 0 aliphatic heterocycles. The standard InChI is InChI=1S/C10H8O9S3.C5H5N/c11-20(12,13)8-5-6-3-1-2-4-7(6)9(21(14,15)16)10(8)22(17,18)19;1-2-4-6-5-3-1/h1-5H,(H,11,12,13)(H,14,15,16)(H,17,18,19);1-5H. The lowest BCUT2D eigenvalue weighted by atomic mass is 10.1. The predicted octanol–water partition coefficient (Wildman–Crippen LogP) is 1.66. The SMILES string of the molecule is O=S(=O)(O)c1cc2ccccc2c(S(=O)(=O)O)c1S(=O)(=O)O.c1ccncc1.